The molecule has 5 rings (SSSR count). The fourth-order valence-corrected chi connectivity index (χ4v) is 4.66. The highest BCUT2D eigenvalue weighted by atomic mass is 35.5. The van der Waals surface area contributed by atoms with E-state index in [0.29, 0.717) is 10.7 Å². The lowest BCUT2D eigenvalue weighted by molar-refractivity contribution is 0.312. The van der Waals surface area contributed by atoms with Crippen LogP contribution in [-0.2, 0) is 0 Å². The first-order valence-electron chi connectivity index (χ1n) is 11.7. The molecule has 1 saturated heterocycles. The van der Waals surface area contributed by atoms with Crippen LogP contribution in [0.2, 0.25) is 5.02 Å². The van der Waals surface area contributed by atoms with E-state index >= 15 is 0 Å². The molecular formula is C26H28ClFN6O. The maximum atomic E-state index is 14.6. The summed E-state index contributed by atoms with van der Waals surface area (Å²) in [6.07, 6.45) is 1.74. The number of anilines is 3. The van der Waals surface area contributed by atoms with Gasteiger partial charge >= 0.3 is 0 Å². The summed E-state index contributed by atoms with van der Waals surface area (Å²) < 4.78 is 14.6. The highest BCUT2D eigenvalue weighted by molar-refractivity contribution is 6.30. The highest BCUT2D eigenvalue weighted by Gasteiger charge is 2.19. The number of benzene rings is 1. The third-order valence-corrected chi connectivity index (χ3v) is 6.73. The molecule has 4 heterocycles. The summed E-state index contributed by atoms with van der Waals surface area (Å²) in [6.45, 7) is 7.90. The Hall–Kier alpha value is -3.36. The minimum Gasteiger partial charge on any atom is -0.356 e. The zero-order valence-corrected chi connectivity index (χ0v) is 20.7. The molecule has 0 radical (unpaired) electrons. The lowest BCUT2D eigenvalue weighted by Crippen LogP contribution is -2.44. The molecule has 0 saturated carbocycles. The first-order valence-corrected chi connectivity index (χ1v) is 12.1. The molecule has 0 bridgehead atoms. The summed E-state index contributed by atoms with van der Waals surface area (Å²) in [5.74, 6) is 0.562. The van der Waals surface area contributed by atoms with E-state index in [0.717, 1.165) is 54.4 Å². The third kappa shape index (κ3) is 4.63. The second-order valence-corrected chi connectivity index (χ2v) is 9.75. The van der Waals surface area contributed by atoms with Crippen LogP contribution in [0.15, 0.2) is 47.4 Å². The molecular weight excluding hydrogens is 467 g/mol. The van der Waals surface area contributed by atoms with Gasteiger partial charge in [0, 0.05) is 54.0 Å². The van der Waals surface area contributed by atoms with Gasteiger partial charge in [-0.05, 0) is 49.4 Å². The number of halogens is 2. The van der Waals surface area contributed by atoms with Crippen molar-refractivity contribution in [3.8, 4) is 11.1 Å². The molecule has 3 N–H and O–H groups in total. The molecule has 7 nitrogen and oxygen atoms in total. The molecule has 0 aliphatic carbocycles. The van der Waals surface area contributed by atoms with Gasteiger partial charge in [-0.15, -0.1) is 0 Å². The van der Waals surface area contributed by atoms with Crippen LogP contribution in [0, 0.1) is 5.82 Å². The van der Waals surface area contributed by atoms with Crippen molar-refractivity contribution in [1.82, 2.24) is 19.9 Å². The second-order valence-electron chi connectivity index (χ2n) is 9.31. The maximum Gasteiger partial charge on any atom is 0.256 e. The lowest BCUT2D eigenvalue weighted by atomic mass is 10.0. The lowest BCUT2D eigenvalue weighted by Gasteiger charge is -2.32. The molecule has 4 aromatic rings. The van der Waals surface area contributed by atoms with Crippen LogP contribution < -0.4 is 15.8 Å². The van der Waals surface area contributed by atoms with Crippen molar-refractivity contribution < 1.29 is 4.39 Å². The quantitative estimate of drug-likeness (QED) is 0.349. The van der Waals surface area contributed by atoms with Gasteiger partial charge in [0.25, 0.3) is 5.56 Å². The maximum absolute atomic E-state index is 14.6. The van der Waals surface area contributed by atoms with Gasteiger partial charge in [-0.1, -0.05) is 25.4 Å². The molecule has 1 aliphatic rings. The number of rotatable bonds is 5. The van der Waals surface area contributed by atoms with Gasteiger partial charge in [0.2, 0.25) is 0 Å². The monoisotopic (exact) mass is 494 g/mol. The standard InChI is InChI=1S/C26H28ClFN6O/c1-15(2)24-22(13-18(26(35)32-24)17-12-16(27)4-5-20(17)28)30-21-6-7-29-25-19(21)14-23(31-25)34-10-8-33(3)9-11-34/h4-7,12-15H,8-11H2,1-3H3,(H,32,35)(H2,29,30,31). The first-order chi connectivity index (χ1) is 16.8. The van der Waals surface area contributed by atoms with Crippen molar-refractivity contribution in [3.63, 3.8) is 0 Å². The number of piperazine rings is 1. The predicted octanol–water partition coefficient (Wildman–Crippen LogP) is 5.33. The molecule has 0 amide bonds. The predicted molar refractivity (Wildman–Crippen MR) is 141 cm³/mol. The van der Waals surface area contributed by atoms with Crippen molar-refractivity contribution in [1.29, 1.82) is 0 Å². The zero-order chi connectivity index (χ0) is 24.7. The molecule has 0 unspecified atom stereocenters. The zero-order valence-electron chi connectivity index (χ0n) is 20.0. The topological polar surface area (TPSA) is 80.0 Å². The fraction of sp³-hybridized carbons (Fsp3) is 0.308. The molecule has 0 spiro atoms. The summed E-state index contributed by atoms with van der Waals surface area (Å²) in [7, 11) is 2.13. The Labute approximate surface area is 207 Å². The van der Waals surface area contributed by atoms with Crippen LogP contribution in [0.4, 0.5) is 21.6 Å². The number of nitrogens with zero attached hydrogens (tertiary/aromatic N) is 3. The Morgan fingerprint density at radius 2 is 1.80 bits per heavy atom. The van der Waals surface area contributed by atoms with Crippen molar-refractivity contribution in [2.24, 2.45) is 0 Å². The number of hydrogen-bond acceptors (Lipinski definition) is 5. The molecule has 182 valence electrons. The number of fused-ring (bicyclic) bond motifs is 1. The Bertz CT molecular complexity index is 1440. The minimum absolute atomic E-state index is 0.0351. The largest absolute Gasteiger partial charge is 0.356 e. The third-order valence-electron chi connectivity index (χ3n) is 6.50. The second kappa shape index (κ2) is 9.36. The van der Waals surface area contributed by atoms with Crippen molar-refractivity contribution in [2.75, 3.05) is 43.4 Å². The molecule has 1 aliphatic heterocycles. The Kier molecular flexibility index (Phi) is 6.25. The van der Waals surface area contributed by atoms with Crippen LogP contribution in [0.3, 0.4) is 0 Å². The molecule has 35 heavy (non-hydrogen) atoms. The number of hydrogen-bond donors (Lipinski definition) is 3. The number of pyridine rings is 2. The van der Waals surface area contributed by atoms with E-state index in [1.54, 1.807) is 12.3 Å². The van der Waals surface area contributed by atoms with Gasteiger partial charge in [0.1, 0.15) is 17.3 Å². The summed E-state index contributed by atoms with van der Waals surface area (Å²) in [6, 6.07) is 9.91. The Balaban J connectivity index is 1.57. The van der Waals surface area contributed by atoms with E-state index in [-0.39, 0.29) is 22.6 Å². The van der Waals surface area contributed by atoms with E-state index < -0.39 is 5.82 Å². The van der Waals surface area contributed by atoms with Crippen LogP contribution >= 0.6 is 11.6 Å². The Morgan fingerprint density at radius 1 is 1.03 bits per heavy atom. The van der Waals surface area contributed by atoms with Crippen LogP contribution in [-0.4, -0.2) is 53.1 Å². The van der Waals surface area contributed by atoms with E-state index in [2.05, 4.69) is 43.2 Å². The average molecular weight is 495 g/mol. The summed E-state index contributed by atoms with van der Waals surface area (Å²) >= 11 is 6.10. The van der Waals surface area contributed by atoms with Gasteiger partial charge in [0.05, 0.1) is 16.9 Å². The van der Waals surface area contributed by atoms with E-state index in [1.165, 1.54) is 18.2 Å². The smallest absolute Gasteiger partial charge is 0.256 e. The number of aromatic nitrogens is 3. The molecule has 3 aromatic heterocycles. The highest BCUT2D eigenvalue weighted by Crippen LogP contribution is 2.34. The fourth-order valence-electron chi connectivity index (χ4n) is 4.49. The van der Waals surface area contributed by atoms with Gasteiger partial charge in [-0.25, -0.2) is 9.37 Å². The van der Waals surface area contributed by atoms with Gasteiger partial charge in [0.15, 0.2) is 0 Å². The molecule has 1 aromatic carbocycles. The summed E-state index contributed by atoms with van der Waals surface area (Å²) in [5.41, 5.74) is 3.08. The van der Waals surface area contributed by atoms with Gasteiger partial charge < -0.3 is 25.1 Å². The van der Waals surface area contributed by atoms with Crippen LogP contribution in [0.1, 0.15) is 25.5 Å². The van der Waals surface area contributed by atoms with E-state index in [1.807, 2.05) is 19.9 Å². The van der Waals surface area contributed by atoms with Crippen LogP contribution in [0.25, 0.3) is 22.2 Å². The Morgan fingerprint density at radius 3 is 2.54 bits per heavy atom. The van der Waals surface area contributed by atoms with Crippen LogP contribution in [0.5, 0.6) is 0 Å². The van der Waals surface area contributed by atoms with Gasteiger partial charge in [-0.2, -0.15) is 0 Å². The number of H-pyrrole nitrogens is 2. The van der Waals surface area contributed by atoms with Crippen molar-refractivity contribution in [3.05, 3.63) is 69.5 Å². The normalized spacial score (nSPS) is 14.7. The van der Waals surface area contributed by atoms with E-state index in [4.69, 9.17) is 11.6 Å². The van der Waals surface area contributed by atoms with Gasteiger partial charge in [-0.3, -0.25) is 4.79 Å². The molecule has 1 fully saturated rings. The summed E-state index contributed by atoms with van der Waals surface area (Å²) in [5, 5.41) is 4.79. The first kappa shape index (κ1) is 23.4. The number of aromatic amines is 2. The van der Waals surface area contributed by atoms with Crippen molar-refractivity contribution >= 4 is 39.8 Å². The number of likely N-dealkylation sites (N-methyl/N-ethyl adjacent to an activating group) is 1. The minimum atomic E-state index is -0.503. The average Bonchev–Trinajstić information content (AvgIpc) is 3.27. The molecule has 9 heteroatoms. The SMILES string of the molecule is CC(C)c1[nH]c(=O)c(-c2cc(Cl)ccc2F)cc1Nc1ccnc2[nH]c(N3CCN(C)CC3)cc12. The number of nitrogens with one attached hydrogen (secondary N) is 3. The van der Waals surface area contributed by atoms with E-state index in [9.17, 15) is 9.18 Å². The van der Waals surface area contributed by atoms with Crippen molar-refractivity contribution in [2.45, 2.75) is 19.8 Å². The summed E-state index contributed by atoms with van der Waals surface area (Å²) in [4.78, 5) is 28.5. The molecule has 0 atom stereocenters.